The van der Waals surface area contributed by atoms with E-state index in [0.29, 0.717) is 15.6 Å². The lowest BCUT2D eigenvalue weighted by Gasteiger charge is -2.19. The predicted octanol–water partition coefficient (Wildman–Crippen LogP) is 3.01. The Labute approximate surface area is 195 Å². The first kappa shape index (κ1) is 23.1. The first-order valence-electron chi connectivity index (χ1n) is 9.60. The standard InChI is InChI=1S/C19H16Cl2F3N7O2/c1-29-14-7-13(19(22,23)24)27-31(14)6-5-12(18(29)33)26-17(32)16-25-9-30(28-16)8-10-3-2-4-11(20)15(10)21/h2-4,7,9,12H,5-6,8H2,1H3,(H,26,32)/t12-/m0/s1. The number of anilines is 1. The number of carbonyl (C=O) groups excluding carboxylic acids is 2. The minimum Gasteiger partial charge on any atom is -0.337 e. The van der Waals surface area contributed by atoms with E-state index >= 15 is 0 Å². The van der Waals surface area contributed by atoms with E-state index in [2.05, 4.69) is 20.5 Å². The molecule has 0 aliphatic carbocycles. The Kier molecular flexibility index (Phi) is 6.06. The zero-order chi connectivity index (χ0) is 23.9. The molecule has 1 N–H and O–H groups in total. The van der Waals surface area contributed by atoms with Crippen LogP contribution in [0.15, 0.2) is 30.6 Å². The number of likely N-dealkylation sites (N-methyl/N-ethyl adjacent to an activating group) is 1. The van der Waals surface area contributed by atoms with E-state index in [0.717, 1.165) is 15.6 Å². The molecule has 1 aliphatic rings. The van der Waals surface area contributed by atoms with Gasteiger partial charge in [-0.1, -0.05) is 35.3 Å². The van der Waals surface area contributed by atoms with E-state index in [9.17, 15) is 22.8 Å². The number of hydrogen-bond donors (Lipinski definition) is 1. The van der Waals surface area contributed by atoms with Crippen LogP contribution in [0.25, 0.3) is 0 Å². The molecule has 3 heterocycles. The Balaban J connectivity index is 1.45. The van der Waals surface area contributed by atoms with Crippen molar-refractivity contribution in [3.63, 3.8) is 0 Å². The Hall–Kier alpha value is -3.12. The fourth-order valence-corrected chi connectivity index (χ4v) is 3.76. The van der Waals surface area contributed by atoms with Crippen LogP contribution in [0.2, 0.25) is 10.0 Å². The van der Waals surface area contributed by atoms with Crippen molar-refractivity contribution in [1.29, 1.82) is 0 Å². The van der Waals surface area contributed by atoms with E-state index in [-0.39, 0.29) is 31.2 Å². The highest BCUT2D eigenvalue weighted by molar-refractivity contribution is 6.42. The molecule has 174 valence electrons. The molecule has 2 aromatic heterocycles. The van der Waals surface area contributed by atoms with Gasteiger partial charge in [0.15, 0.2) is 5.69 Å². The summed E-state index contributed by atoms with van der Waals surface area (Å²) < 4.78 is 41.3. The van der Waals surface area contributed by atoms with Gasteiger partial charge in [-0.3, -0.25) is 14.5 Å². The molecule has 9 nitrogen and oxygen atoms in total. The second kappa shape index (κ2) is 8.67. The lowest BCUT2D eigenvalue weighted by molar-refractivity contribution is -0.141. The maximum atomic E-state index is 13.0. The van der Waals surface area contributed by atoms with Gasteiger partial charge in [-0.15, -0.1) is 5.10 Å². The van der Waals surface area contributed by atoms with Crippen LogP contribution in [-0.4, -0.2) is 49.4 Å². The van der Waals surface area contributed by atoms with Crippen LogP contribution in [0, 0.1) is 0 Å². The predicted molar refractivity (Wildman–Crippen MR) is 112 cm³/mol. The number of halogens is 5. The fraction of sp³-hybridized carbons (Fsp3) is 0.316. The van der Waals surface area contributed by atoms with Crippen molar-refractivity contribution >= 4 is 40.8 Å². The highest BCUT2D eigenvalue weighted by Gasteiger charge is 2.38. The van der Waals surface area contributed by atoms with Gasteiger partial charge in [-0.2, -0.15) is 18.3 Å². The molecular formula is C19H16Cl2F3N7O2. The molecule has 33 heavy (non-hydrogen) atoms. The van der Waals surface area contributed by atoms with Gasteiger partial charge < -0.3 is 5.32 Å². The van der Waals surface area contributed by atoms with E-state index in [1.54, 1.807) is 18.2 Å². The molecule has 0 radical (unpaired) electrons. The molecule has 0 fully saturated rings. The average molecular weight is 502 g/mol. The Morgan fingerprint density at radius 3 is 2.76 bits per heavy atom. The quantitative estimate of drug-likeness (QED) is 0.592. The molecule has 1 aromatic carbocycles. The molecule has 14 heteroatoms. The molecule has 0 spiro atoms. The van der Waals surface area contributed by atoms with Crippen molar-refractivity contribution in [1.82, 2.24) is 29.9 Å². The molecule has 0 saturated carbocycles. The smallest absolute Gasteiger partial charge is 0.337 e. The van der Waals surface area contributed by atoms with Gasteiger partial charge in [0, 0.05) is 19.7 Å². The maximum Gasteiger partial charge on any atom is 0.435 e. The summed E-state index contributed by atoms with van der Waals surface area (Å²) in [5.74, 6) is -1.47. The number of fused-ring (bicyclic) bond motifs is 1. The highest BCUT2D eigenvalue weighted by Crippen LogP contribution is 2.32. The third kappa shape index (κ3) is 4.67. The first-order valence-corrected chi connectivity index (χ1v) is 10.4. The van der Waals surface area contributed by atoms with Crippen molar-refractivity contribution in [2.24, 2.45) is 0 Å². The molecule has 4 rings (SSSR count). The largest absolute Gasteiger partial charge is 0.435 e. The monoisotopic (exact) mass is 501 g/mol. The molecule has 1 atom stereocenters. The summed E-state index contributed by atoms with van der Waals surface area (Å²) >= 11 is 12.2. The third-order valence-electron chi connectivity index (χ3n) is 5.06. The number of amides is 2. The highest BCUT2D eigenvalue weighted by atomic mass is 35.5. The molecular weight excluding hydrogens is 486 g/mol. The van der Waals surface area contributed by atoms with Gasteiger partial charge in [0.2, 0.25) is 5.82 Å². The van der Waals surface area contributed by atoms with Gasteiger partial charge in [0.1, 0.15) is 18.2 Å². The van der Waals surface area contributed by atoms with Crippen molar-refractivity contribution in [3.8, 4) is 0 Å². The number of carbonyl (C=O) groups is 2. The molecule has 1 aliphatic heterocycles. The van der Waals surface area contributed by atoms with Crippen LogP contribution < -0.4 is 10.2 Å². The second-order valence-corrected chi connectivity index (χ2v) is 8.08. The fourth-order valence-electron chi connectivity index (χ4n) is 3.38. The molecule has 3 aromatic rings. The lowest BCUT2D eigenvalue weighted by atomic mass is 10.2. The van der Waals surface area contributed by atoms with Crippen molar-refractivity contribution in [3.05, 3.63) is 57.7 Å². The van der Waals surface area contributed by atoms with Crippen LogP contribution in [0.1, 0.15) is 28.3 Å². The van der Waals surface area contributed by atoms with E-state index in [1.807, 2.05) is 0 Å². The lowest BCUT2D eigenvalue weighted by Crippen LogP contribution is -2.47. The number of alkyl halides is 3. The number of nitrogens with zero attached hydrogens (tertiary/aromatic N) is 6. The number of benzene rings is 1. The van der Waals surface area contributed by atoms with E-state index in [4.69, 9.17) is 23.2 Å². The summed E-state index contributed by atoms with van der Waals surface area (Å²) in [7, 11) is 1.32. The molecule has 2 amide bonds. The third-order valence-corrected chi connectivity index (χ3v) is 5.92. The van der Waals surface area contributed by atoms with Crippen LogP contribution >= 0.6 is 23.2 Å². The summed E-state index contributed by atoms with van der Waals surface area (Å²) in [4.78, 5) is 30.4. The number of hydrogen-bond acceptors (Lipinski definition) is 5. The van der Waals surface area contributed by atoms with Crippen LogP contribution in [0.3, 0.4) is 0 Å². The van der Waals surface area contributed by atoms with Gasteiger partial charge in [0.05, 0.1) is 16.6 Å². The zero-order valence-corrected chi connectivity index (χ0v) is 18.5. The second-order valence-electron chi connectivity index (χ2n) is 7.30. The number of rotatable bonds is 4. The average Bonchev–Trinajstić information content (AvgIpc) is 3.38. The minimum absolute atomic E-state index is 0.00156. The maximum absolute atomic E-state index is 13.0. The van der Waals surface area contributed by atoms with Crippen molar-refractivity contribution < 1.29 is 22.8 Å². The van der Waals surface area contributed by atoms with Gasteiger partial charge >= 0.3 is 6.18 Å². The summed E-state index contributed by atoms with van der Waals surface area (Å²) in [5.41, 5.74) is -0.413. The summed E-state index contributed by atoms with van der Waals surface area (Å²) in [5, 5.41) is 10.9. The Bertz CT molecular complexity index is 1220. The van der Waals surface area contributed by atoms with Gasteiger partial charge in [-0.05, 0) is 18.1 Å². The normalized spacial score (nSPS) is 16.5. The Morgan fingerprint density at radius 1 is 1.27 bits per heavy atom. The Morgan fingerprint density at radius 2 is 2.03 bits per heavy atom. The number of aromatic nitrogens is 5. The molecule has 0 bridgehead atoms. The summed E-state index contributed by atoms with van der Waals surface area (Å²) in [6, 6.07) is 4.93. The zero-order valence-electron chi connectivity index (χ0n) is 17.0. The van der Waals surface area contributed by atoms with Gasteiger partial charge in [-0.25, -0.2) is 14.3 Å². The van der Waals surface area contributed by atoms with Crippen molar-refractivity contribution in [2.45, 2.75) is 31.7 Å². The van der Waals surface area contributed by atoms with Crippen LogP contribution in [0.4, 0.5) is 19.0 Å². The van der Waals surface area contributed by atoms with Crippen LogP contribution in [0.5, 0.6) is 0 Å². The van der Waals surface area contributed by atoms with Gasteiger partial charge in [0.25, 0.3) is 11.8 Å². The van der Waals surface area contributed by atoms with Crippen LogP contribution in [-0.2, 0) is 24.1 Å². The SMILES string of the molecule is CN1C(=O)[C@@H](NC(=O)c2ncn(Cc3cccc(Cl)c3Cl)n2)CCn2nc(C(F)(F)F)cc21. The summed E-state index contributed by atoms with van der Waals surface area (Å²) in [6.45, 7) is 0.217. The number of nitrogens with one attached hydrogen (secondary N) is 1. The topological polar surface area (TPSA) is 97.9 Å². The summed E-state index contributed by atoms with van der Waals surface area (Å²) in [6.07, 6.45) is -3.25. The van der Waals surface area contributed by atoms with E-state index in [1.165, 1.54) is 18.1 Å². The number of aryl methyl sites for hydroxylation is 1. The molecule has 0 saturated heterocycles. The van der Waals surface area contributed by atoms with Crippen molar-refractivity contribution in [2.75, 3.05) is 11.9 Å². The molecule has 0 unspecified atom stereocenters. The van der Waals surface area contributed by atoms with E-state index < -0.39 is 29.7 Å². The minimum atomic E-state index is -4.63. The first-order chi connectivity index (χ1) is 15.5.